The van der Waals surface area contributed by atoms with Gasteiger partial charge in [0.25, 0.3) is 0 Å². The van der Waals surface area contributed by atoms with Crippen LogP contribution in [-0.2, 0) is 11.5 Å². The molecule has 0 aliphatic heterocycles. The molecule has 0 unspecified atom stereocenters. The molecule has 6 nitrogen and oxygen atoms in total. The summed E-state index contributed by atoms with van der Waals surface area (Å²) in [7, 11) is 3.07. The molecule has 0 spiro atoms. The first kappa shape index (κ1) is 20.5. The molecule has 0 aliphatic carbocycles. The largest absolute Gasteiger partial charge is 0.478 e. The molecule has 0 aromatic heterocycles. The first-order chi connectivity index (χ1) is 12.8. The van der Waals surface area contributed by atoms with Crippen LogP contribution in [0.5, 0.6) is 0 Å². The highest BCUT2D eigenvalue weighted by Gasteiger charge is 2.16. The molecule has 0 aliphatic rings. The van der Waals surface area contributed by atoms with Gasteiger partial charge in [0, 0.05) is 37.0 Å². The Kier molecular flexibility index (Phi) is 6.62. The zero-order chi connectivity index (χ0) is 20.1. The molecule has 2 aromatic rings. The van der Waals surface area contributed by atoms with Gasteiger partial charge >= 0.3 is 11.9 Å². The molecular formula is C18H18F2N2O4S. The highest BCUT2D eigenvalue weighted by Crippen LogP contribution is 2.28. The number of carbonyl (C=O) groups is 2. The molecule has 2 rings (SSSR count). The van der Waals surface area contributed by atoms with E-state index < -0.39 is 23.6 Å². The van der Waals surface area contributed by atoms with Crippen molar-refractivity contribution < 1.29 is 28.6 Å². The summed E-state index contributed by atoms with van der Waals surface area (Å²) in [6.07, 6.45) is 0. The van der Waals surface area contributed by atoms with Crippen LogP contribution in [0.15, 0.2) is 24.3 Å². The fourth-order valence-electron chi connectivity index (χ4n) is 2.50. The number of thioether (sulfide) groups is 1. The third kappa shape index (κ3) is 4.68. The van der Waals surface area contributed by atoms with Gasteiger partial charge in [-0.15, -0.1) is 0 Å². The number of carboxylic acids is 2. The van der Waals surface area contributed by atoms with Crippen molar-refractivity contribution in [2.24, 2.45) is 0 Å². The quantitative estimate of drug-likeness (QED) is 0.537. The Bertz CT molecular complexity index is 819. The van der Waals surface area contributed by atoms with Gasteiger partial charge in [-0.2, -0.15) is 11.8 Å². The molecule has 0 radical (unpaired) electrons. The van der Waals surface area contributed by atoms with Gasteiger partial charge in [0.05, 0.1) is 11.1 Å². The van der Waals surface area contributed by atoms with Gasteiger partial charge in [0.15, 0.2) is 0 Å². The molecule has 4 N–H and O–H groups in total. The van der Waals surface area contributed by atoms with Crippen LogP contribution in [-0.4, -0.2) is 36.2 Å². The molecule has 9 heteroatoms. The highest BCUT2D eigenvalue weighted by atomic mass is 32.2. The van der Waals surface area contributed by atoms with Gasteiger partial charge in [-0.1, -0.05) is 0 Å². The summed E-state index contributed by atoms with van der Waals surface area (Å²) in [6, 6.07) is 4.72. The lowest BCUT2D eigenvalue weighted by atomic mass is 10.1. The Morgan fingerprint density at radius 1 is 0.852 bits per heavy atom. The van der Waals surface area contributed by atoms with Crippen molar-refractivity contribution in [1.82, 2.24) is 0 Å². The molecule has 2 aromatic carbocycles. The Labute approximate surface area is 158 Å². The van der Waals surface area contributed by atoms with Crippen LogP contribution in [0.2, 0.25) is 0 Å². The summed E-state index contributed by atoms with van der Waals surface area (Å²) in [4.78, 5) is 22.2. The standard InChI is InChI=1S/C18H18F2N2O4S/c1-21-15-3-9(13(19)5-11(15)17(23)24)7-27-8-10-4-16(22-2)12(18(25)26)6-14(10)20/h3-6,21-22H,7-8H2,1-2H3,(H,23,24)(H,25,26). The van der Waals surface area contributed by atoms with Crippen LogP contribution in [0.25, 0.3) is 0 Å². The van der Waals surface area contributed by atoms with Crippen LogP contribution < -0.4 is 10.6 Å². The summed E-state index contributed by atoms with van der Waals surface area (Å²) >= 11 is 1.22. The molecule has 0 fully saturated rings. The predicted octanol–water partition coefficient (Wildman–Crippen LogP) is 3.88. The second kappa shape index (κ2) is 8.72. The van der Waals surface area contributed by atoms with E-state index in [0.717, 1.165) is 12.1 Å². The van der Waals surface area contributed by atoms with E-state index in [0.29, 0.717) is 0 Å². The molecule has 144 valence electrons. The molecule has 0 saturated heterocycles. The Morgan fingerprint density at radius 3 is 1.52 bits per heavy atom. The van der Waals surface area contributed by atoms with Gasteiger partial charge < -0.3 is 20.8 Å². The van der Waals surface area contributed by atoms with E-state index >= 15 is 0 Å². The first-order valence-corrected chi connectivity index (χ1v) is 8.98. The number of hydrogen-bond donors (Lipinski definition) is 4. The van der Waals surface area contributed by atoms with Gasteiger partial charge in [0.2, 0.25) is 0 Å². The molecule has 0 amide bonds. The number of carboxylic acid groups (broad SMARTS) is 2. The Morgan fingerprint density at radius 2 is 1.22 bits per heavy atom. The van der Waals surface area contributed by atoms with Crippen molar-refractivity contribution in [3.05, 3.63) is 58.2 Å². The number of halogens is 2. The van der Waals surface area contributed by atoms with E-state index in [1.807, 2.05) is 0 Å². The summed E-state index contributed by atoms with van der Waals surface area (Å²) in [5, 5.41) is 23.6. The molecular weight excluding hydrogens is 378 g/mol. The van der Waals surface area contributed by atoms with E-state index in [1.165, 1.54) is 38.0 Å². The number of rotatable bonds is 8. The van der Waals surface area contributed by atoms with Crippen LogP contribution in [0.3, 0.4) is 0 Å². The average molecular weight is 396 g/mol. The van der Waals surface area contributed by atoms with Gasteiger partial charge in [-0.3, -0.25) is 0 Å². The zero-order valence-electron chi connectivity index (χ0n) is 14.6. The lowest BCUT2D eigenvalue weighted by molar-refractivity contribution is 0.0686. The monoisotopic (exact) mass is 396 g/mol. The van der Waals surface area contributed by atoms with Crippen molar-refractivity contribution in [2.75, 3.05) is 24.7 Å². The average Bonchev–Trinajstić information content (AvgIpc) is 2.63. The van der Waals surface area contributed by atoms with Crippen molar-refractivity contribution in [3.63, 3.8) is 0 Å². The molecule has 0 bridgehead atoms. The maximum absolute atomic E-state index is 14.1. The minimum absolute atomic E-state index is 0.169. The van der Waals surface area contributed by atoms with E-state index in [-0.39, 0.29) is 45.1 Å². The summed E-state index contributed by atoms with van der Waals surface area (Å²) in [5.74, 6) is -3.41. The van der Waals surface area contributed by atoms with Crippen molar-refractivity contribution in [1.29, 1.82) is 0 Å². The molecule has 0 heterocycles. The number of aromatic carboxylic acids is 2. The lowest BCUT2D eigenvalue weighted by Gasteiger charge is -2.12. The number of benzene rings is 2. The van der Waals surface area contributed by atoms with E-state index in [9.17, 15) is 18.4 Å². The fourth-order valence-corrected chi connectivity index (χ4v) is 3.48. The second-order valence-corrected chi connectivity index (χ2v) is 6.57. The van der Waals surface area contributed by atoms with E-state index in [4.69, 9.17) is 10.2 Å². The van der Waals surface area contributed by atoms with Gasteiger partial charge in [-0.05, 0) is 35.4 Å². The minimum Gasteiger partial charge on any atom is -0.478 e. The first-order valence-electron chi connectivity index (χ1n) is 7.83. The predicted molar refractivity (Wildman–Crippen MR) is 101 cm³/mol. The normalized spacial score (nSPS) is 10.5. The van der Waals surface area contributed by atoms with Gasteiger partial charge in [0.1, 0.15) is 11.6 Å². The van der Waals surface area contributed by atoms with Gasteiger partial charge in [-0.25, -0.2) is 18.4 Å². The number of nitrogens with one attached hydrogen (secondary N) is 2. The molecule has 27 heavy (non-hydrogen) atoms. The maximum atomic E-state index is 14.1. The smallest absolute Gasteiger partial charge is 0.337 e. The third-order valence-corrected chi connectivity index (χ3v) is 4.92. The fraction of sp³-hybridized carbons (Fsp3) is 0.222. The van der Waals surface area contributed by atoms with Crippen LogP contribution in [0.4, 0.5) is 20.2 Å². The van der Waals surface area contributed by atoms with E-state index in [1.54, 1.807) is 0 Å². The Balaban J connectivity index is 2.17. The van der Waals surface area contributed by atoms with Crippen LogP contribution >= 0.6 is 11.8 Å². The summed E-state index contributed by atoms with van der Waals surface area (Å²) in [5.41, 5.74) is 0.801. The minimum atomic E-state index is -1.24. The number of hydrogen-bond acceptors (Lipinski definition) is 5. The molecule has 0 saturated carbocycles. The van der Waals surface area contributed by atoms with Crippen molar-refractivity contribution in [2.45, 2.75) is 11.5 Å². The maximum Gasteiger partial charge on any atom is 0.337 e. The van der Waals surface area contributed by atoms with Crippen LogP contribution in [0.1, 0.15) is 31.8 Å². The zero-order valence-corrected chi connectivity index (χ0v) is 15.4. The third-order valence-electron chi connectivity index (χ3n) is 3.89. The number of anilines is 2. The second-order valence-electron chi connectivity index (χ2n) is 5.58. The van der Waals surface area contributed by atoms with Crippen LogP contribution in [0, 0.1) is 11.6 Å². The van der Waals surface area contributed by atoms with Crippen molar-refractivity contribution in [3.8, 4) is 0 Å². The summed E-state index contributed by atoms with van der Waals surface area (Å²) < 4.78 is 28.3. The topological polar surface area (TPSA) is 98.7 Å². The van der Waals surface area contributed by atoms with Crippen molar-refractivity contribution >= 4 is 35.1 Å². The highest BCUT2D eigenvalue weighted by molar-refractivity contribution is 7.97. The summed E-state index contributed by atoms with van der Waals surface area (Å²) in [6.45, 7) is 0. The lowest BCUT2D eigenvalue weighted by Crippen LogP contribution is -2.06. The van der Waals surface area contributed by atoms with E-state index in [2.05, 4.69) is 10.6 Å². The molecule has 0 atom stereocenters. The SMILES string of the molecule is CNc1cc(CSCc2cc(NC)c(C(=O)O)cc2F)c(F)cc1C(=O)O. The Hall–Kier alpha value is -2.81.